The number of carbonyl (C=O) groups is 2. The first kappa shape index (κ1) is 19.9. The van der Waals surface area contributed by atoms with E-state index in [9.17, 15) is 9.59 Å². The van der Waals surface area contributed by atoms with E-state index >= 15 is 0 Å². The van der Waals surface area contributed by atoms with Gasteiger partial charge in [-0.25, -0.2) is 0 Å². The maximum absolute atomic E-state index is 9.43. The topological polar surface area (TPSA) is 74.6 Å². The quantitative estimate of drug-likeness (QED) is 0.415. The monoisotopic (exact) mass is 250 g/mol. The van der Waals surface area contributed by atoms with Crippen molar-refractivity contribution in [2.75, 3.05) is 0 Å². The Morgan fingerprint density at radius 3 is 1.56 bits per heavy atom. The predicted molar refractivity (Wildman–Crippen MR) is 65.7 cm³/mol. The second kappa shape index (κ2) is 9.47. The summed E-state index contributed by atoms with van der Waals surface area (Å²) < 4.78 is 0. The van der Waals surface area contributed by atoms with Crippen LogP contribution in [-0.2, 0) is 9.59 Å². The maximum Gasteiger partial charge on any atom is 1.00 e. The Morgan fingerprint density at radius 1 is 1.00 bits per heavy atom. The van der Waals surface area contributed by atoms with E-state index in [1.54, 1.807) is 5.92 Å². The molecule has 0 aromatic carbocycles. The van der Waals surface area contributed by atoms with E-state index in [-0.39, 0.29) is 18.9 Å². The van der Waals surface area contributed by atoms with E-state index in [1.807, 2.05) is 0 Å². The van der Waals surface area contributed by atoms with Crippen molar-refractivity contribution in [3.8, 4) is 0 Å². The SMILES string of the molecule is CC(C)(C)[C-]1CCCCC1.O=C(O)CC(=O)O.[Li+]. The van der Waals surface area contributed by atoms with Crippen LogP contribution in [-0.4, -0.2) is 22.2 Å². The van der Waals surface area contributed by atoms with Gasteiger partial charge >= 0.3 is 30.8 Å². The zero-order chi connectivity index (χ0) is 13.5. The van der Waals surface area contributed by atoms with Crippen molar-refractivity contribution in [3.63, 3.8) is 0 Å². The molecule has 0 aliphatic heterocycles. The molecule has 1 aliphatic rings. The summed E-state index contributed by atoms with van der Waals surface area (Å²) in [4.78, 5) is 18.9. The third kappa shape index (κ3) is 10.7. The van der Waals surface area contributed by atoms with Gasteiger partial charge in [-0.05, 0) is 0 Å². The Kier molecular flexibility index (Phi) is 10.4. The van der Waals surface area contributed by atoms with Crippen molar-refractivity contribution >= 4 is 11.9 Å². The second-order valence-electron chi connectivity index (χ2n) is 5.38. The third-order valence-electron chi connectivity index (χ3n) is 2.82. The molecule has 4 nitrogen and oxygen atoms in total. The summed E-state index contributed by atoms with van der Waals surface area (Å²) in [6, 6.07) is 0. The summed E-state index contributed by atoms with van der Waals surface area (Å²) in [5.74, 6) is -0.834. The summed E-state index contributed by atoms with van der Waals surface area (Å²) in [5.41, 5.74) is 0.487. The molecule has 0 spiro atoms. The maximum atomic E-state index is 9.43. The largest absolute Gasteiger partial charge is 1.00 e. The van der Waals surface area contributed by atoms with Crippen molar-refractivity contribution in [2.24, 2.45) is 5.41 Å². The number of carboxylic acids is 2. The molecular weight excluding hydrogens is 227 g/mol. The Hall–Kier alpha value is -0.463. The Labute approximate surface area is 121 Å². The molecule has 0 heterocycles. The van der Waals surface area contributed by atoms with Crippen molar-refractivity contribution < 1.29 is 38.7 Å². The van der Waals surface area contributed by atoms with E-state index in [0.717, 1.165) is 0 Å². The van der Waals surface area contributed by atoms with Gasteiger partial charge in [-0.15, -0.1) is 0 Å². The van der Waals surface area contributed by atoms with Gasteiger partial charge in [0.05, 0.1) is 0 Å². The molecule has 0 amide bonds. The van der Waals surface area contributed by atoms with Crippen LogP contribution in [0.2, 0.25) is 0 Å². The molecule has 0 aromatic rings. The van der Waals surface area contributed by atoms with Crippen LogP contribution in [0.1, 0.15) is 59.3 Å². The van der Waals surface area contributed by atoms with E-state index in [2.05, 4.69) is 20.8 Å². The molecule has 1 aliphatic carbocycles. The fraction of sp³-hybridized carbons (Fsp3) is 0.769. The van der Waals surface area contributed by atoms with Crippen molar-refractivity contribution in [1.29, 1.82) is 0 Å². The van der Waals surface area contributed by atoms with Gasteiger partial charge in [0.15, 0.2) is 0 Å². The summed E-state index contributed by atoms with van der Waals surface area (Å²) in [7, 11) is 0. The predicted octanol–water partition coefficient (Wildman–Crippen LogP) is 0.121. The molecule has 1 rings (SSSR count). The minimum Gasteiger partial charge on any atom is -0.481 e. The average Bonchev–Trinajstić information content (AvgIpc) is 2.16. The molecule has 5 heteroatoms. The van der Waals surface area contributed by atoms with Gasteiger partial charge in [0, 0.05) is 0 Å². The van der Waals surface area contributed by atoms with Gasteiger partial charge in [-0.1, -0.05) is 40.0 Å². The molecule has 0 atom stereocenters. The standard InChI is InChI=1S/C10H19.C3H4O4.Li/c1-10(2,3)9-7-5-4-6-8-9;4-2(5)1-3(6)7;/h4-8H2,1-3H3;1H2,(H,4,5)(H,6,7);/q-1;;+1. The molecule has 18 heavy (non-hydrogen) atoms. The fourth-order valence-corrected chi connectivity index (χ4v) is 1.86. The Morgan fingerprint density at radius 2 is 1.39 bits per heavy atom. The molecule has 0 unspecified atom stereocenters. The number of aliphatic carboxylic acids is 2. The molecular formula is C13H23LiO4. The zero-order valence-electron chi connectivity index (χ0n) is 12.0. The number of hydrogen-bond acceptors (Lipinski definition) is 2. The third-order valence-corrected chi connectivity index (χ3v) is 2.82. The number of carboxylic acid groups (broad SMARTS) is 2. The van der Waals surface area contributed by atoms with Crippen LogP contribution in [0.3, 0.4) is 0 Å². The van der Waals surface area contributed by atoms with Crippen LogP contribution in [0.5, 0.6) is 0 Å². The molecule has 2 N–H and O–H groups in total. The van der Waals surface area contributed by atoms with Gasteiger partial charge in [-0.3, -0.25) is 9.59 Å². The van der Waals surface area contributed by atoms with Gasteiger partial charge in [0.1, 0.15) is 6.42 Å². The van der Waals surface area contributed by atoms with Crippen molar-refractivity contribution in [3.05, 3.63) is 5.92 Å². The summed E-state index contributed by atoms with van der Waals surface area (Å²) in [6.45, 7) is 7.02. The molecule has 0 aromatic heterocycles. The molecule has 0 saturated heterocycles. The van der Waals surface area contributed by atoms with Gasteiger partial charge in [-0.2, -0.15) is 18.3 Å². The van der Waals surface area contributed by atoms with Crippen LogP contribution in [0, 0.1) is 11.3 Å². The van der Waals surface area contributed by atoms with E-state index in [0.29, 0.717) is 5.41 Å². The molecule has 100 valence electrons. The first-order valence-electron chi connectivity index (χ1n) is 6.02. The van der Waals surface area contributed by atoms with Gasteiger partial charge in [0.2, 0.25) is 0 Å². The normalized spacial score (nSPS) is 15.9. The van der Waals surface area contributed by atoms with Crippen LogP contribution in [0.25, 0.3) is 0 Å². The van der Waals surface area contributed by atoms with Crippen LogP contribution < -0.4 is 18.9 Å². The minimum absolute atomic E-state index is 0. The van der Waals surface area contributed by atoms with E-state index in [4.69, 9.17) is 10.2 Å². The second-order valence-corrected chi connectivity index (χ2v) is 5.38. The molecule has 1 saturated carbocycles. The average molecular weight is 250 g/mol. The van der Waals surface area contributed by atoms with Crippen molar-refractivity contribution in [1.82, 2.24) is 0 Å². The molecule has 1 fully saturated rings. The smallest absolute Gasteiger partial charge is 0.481 e. The Balaban J connectivity index is 0. The molecule has 0 bridgehead atoms. The fourth-order valence-electron chi connectivity index (χ4n) is 1.86. The Bertz CT molecular complexity index is 240. The van der Waals surface area contributed by atoms with Gasteiger partial charge in [0.25, 0.3) is 0 Å². The van der Waals surface area contributed by atoms with Crippen LogP contribution in [0.4, 0.5) is 0 Å². The zero-order valence-corrected chi connectivity index (χ0v) is 12.0. The molecule has 0 radical (unpaired) electrons. The van der Waals surface area contributed by atoms with Crippen molar-refractivity contribution in [2.45, 2.75) is 59.3 Å². The number of rotatable bonds is 2. The van der Waals surface area contributed by atoms with Gasteiger partial charge < -0.3 is 16.1 Å². The van der Waals surface area contributed by atoms with E-state index in [1.165, 1.54) is 32.1 Å². The summed E-state index contributed by atoms with van der Waals surface area (Å²) >= 11 is 0. The summed E-state index contributed by atoms with van der Waals surface area (Å²) in [5, 5.41) is 15.4. The number of hydrogen-bond donors (Lipinski definition) is 2. The van der Waals surface area contributed by atoms with Crippen LogP contribution in [0.15, 0.2) is 0 Å². The summed E-state index contributed by atoms with van der Waals surface area (Å²) in [6.07, 6.45) is 6.31. The minimum atomic E-state index is -1.31. The first-order valence-corrected chi connectivity index (χ1v) is 6.02. The van der Waals surface area contributed by atoms with E-state index < -0.39 is 18.4 Å². The van der Waals surface area contributed by atoms with Crippen LogP contribution >= 0.6 is 0 Å². The first-order chi connectivity index (χ1) is 7.73.